The molecule has 0 aliphatic carbocycles. The van der Waals surface area contributed by atoms with Gasteiger partial charge in [0.15, 0.2) is 0 Å². The molecule has 0 aromatic rings. The number of esters is 1. The lowest BCUT2D eigenvalue weighted by molar-refractivity contribution is -0.144. The van der Waals surface area contributed by atoms with Crippen LogP contribution in [0.2, 0.25) is 0 Å². The molecule has 1 unspecified atom stereocenters. The smallest absolute Gasteiger partial charge is 0.306 e. The second kappa shape index (κ2) is 5.94. The van der Waals surface area contributed by atoms with Gasteiger partial charge in [-0.2, -0.15) is 0 Å². The summed E-state index contributed by atoms with van der Waals surface area (Å²) in [5.74, 6) is -0.243. The number of carbonyl (C=O) groups excluding carboxylic acids is 1. The van der Waals surface area contributed by atoms with E-state index in [1.54, 1.807) is 0 Å². The molecule has 0 aromatic heterocycles. The minimum absolute atomic E-state index is 0.243. The summed E-state index contributed by atoms with van der Waals surface area (Å²) in [5.41, 5.74) is 5.26. The first-order valence-electron chi connectivity index (χ1n) is 4.42. The highest BCUT2D eigenvalue weighted by Crippen LogP contribution is 2.20. The first kappa shape index (κ1) is 12.4. The van der Waals surface area contributed by atoms with Gasteiger partial charge in [0.1, 0.15) is 0 Å². The summed E-state index contributed by atoms with van der Waals surface area (Å²) < 4.78 is 9.82. The van der Waals surface area contributed by atoms with Crippen molar-refractivity contribution in [2.45, 2.75) is 20.3 Å². The summed E-state index contributed by atoms with van der Waals surface area (Å²) in [4.78, 5) is 11.0. The van der Waals surface area contributed by atoms with Crippen LogP contribution in [-0.2, 0) is 14.3 Å². The Morgan fingerprint density at radius 2 is 2.15 bits per heavy atom. The van der Waals surface area contributed by atoms with Gasteiger partial charge in [0.2, 0.25) is 0 Å². The summed E-state index contributed by atoms with van der Waals surface area (Å²) >= 11 is 0. The van der Waals surface area contributed by atoms with Crippen molar-refractivity contribution >= 4 is 5.97 Å². The maximum atomic E-state index is 11.0. The monoisotopic (exact) mass is 189 g/mol. The molecule has 0 aliphatic heterocycles. The van der Waals surface area contributed by atoms with Crippen LogP contribution in [0.4, 0.5) is 0 Å². The van der Waals surface area contributed by atoms with E-state index in [-0.39, 0.29) is 11.4 Å². The van der Waals surface area contributed by atoms with Crippen LogP contribution in [0.1, 0.15) is 20.3 Å². The molecule has 0 aromatic carbocycles. The van der Waals surface area contributed by atoms with E-state index in [4.69, 9.17) is 10.5 Å². The quantitative estimate of drug-likeness (QED) is 0.620. The fraction of sp³-hybridized carbons (Fsp3) is 0.889. The van der Waals surface area contributed by atoms with Crippen molar-refractivity contribution in [1.82, 2.24) is 0 Å². The summed E-state index contributed by atoms with van der Waals surface area (Å²) in [7, 11) is 1.37. The number of rotatable bonds is 6. The minimum atomic E-state index is -0.302. The molecule has 0 heterocycles. The normalized spacial score (nSPS) is 15.1. The van der Waals surface area contributed by atoms with Gasteiger partial charge in [-0.1, -0.05) is 6.92 Å². The fourth-order valence-electron chi connectivity index (χ4n) is 0.951. The number of hydrogen-bond acceptors (Lipinski definition) is 4. The van der Waals surface area contributed by atoms with Gasteiger partial charge in [-0.3, -0.25) is 4.79 Å². The van der Waals surface area contributed by atoms with Crippen molar-refractivity contribution < 1.29 is 14.3 Å². The van der Waals surface area contributed by atoms with Crippen LogP contribution in [0.5, 0.6) is 0 Å². The van der Waals surface area contributed by atoms with Crippen LogP contribution < -0.4 is 5.73 Å². The zero-order valence-corrected chi connectivity index (χ0v) is 8.63. The predicted octanol–water partition coefficient (Wildman–Crippen LogP) is 0.551. The van der Waals surface area contributed by atoms with E-state index in [9.17, 15) is 4.79 Å². The third-order valence-corrected chi connectivity index (χ3v) is 1.95. The van der Waals surface area contributed by atoms with Gasteiger partial charge >= 0.3 is 5.97 Å². The molecule has 13 heavy (non-hydrogen) atoms. The van der Waals surface area contributed by atoms with E-state index in [0.29, 0.717) is 26.2 Å². The lowest BCUT2D eigenvalue weighted by atomic mass is 9.88. The first-order valence-corrected chi connectivity index (χ1v) is 4.42. The maximum absolute atomic E-state index is 11.0. The highest BCUT2D eigenvalue weighted by Gasteiger charge is 2.26. The summed E-state index contributed by atoms with van der Waals surface area (Å²) in [6.07, 6.45) is 0.306. The Balaban J connectivity index is 4.02. The van der Waals surface area contributed by atoms with Crippen molar-refractivity contribution in [1.29, 1.82) is 0 Å². The van der Waals surface area contributed by atoms with Gasteiger partial charge in [-0.05, 0) is 6.92 Å². The molecule has 0 spiro atoms. The second-order valence-electron chi connectivity index (χ2n) is 3.40. The Morgan fingerprint density at radius 1 is 1.54 bits per heavy atom. The zero-order chi connectivity index (χ0) is 10.3. The van der Waals surface area contributed by atoms with Gasteiger partial charge in [-0.15, -0.1) is 0 Å². The van der Waals surface area contributed by atoms with E-state index >= 15 is 0 Å². The average molecular weight is 189 g/mol. The van der Waals surface area contributed by atoms with Crippen molar-refractivity contribution in [3.8, 4) is 0 Å². The number of carbonyl (C=O) groups is 1. The Hall–Kier alpha value is -0.610. The van der Waals surface area contributed by atoms with Crippen molar-refractivity contribution in [3.05, 3.63) is 0 Å². The number of nitrogens with two attached hydrogens (primary N) is 1. The summed E-state index contributed by atoms with van der Waals surface area (Å²) in [5, 5.41) is 0. The van der Waals surface area contributed by atoms with E-state index in [1.807, 2.05) is 13.8 Å². The largest absolute Gasteiger partial charge is 0.469 e. The first-order chi connectivity index (χ1) is 6.08. The molecule has 2 N–H and O–H groups in total. The fourth-order valence-corrected chi connectivity index (χ4v) is 0.951. The lowest BCUT2D eigenvalue weighted by Gasteiger charge is -2.25. The van der Waals surface area contributed by atoms with Crippen LogP contribution in [0.15, 0.2) is 0 Å². The molecular formula is C9H19NO3. The molecule has 0 saturated heterocycles. The molecule has 0 fully saturated rings. The molecule has 4 heteroatoms. The molecule has 0 bridgehead atoms. The van der Waals surface area contributed by atoms with Gasteiger partial charge in [0.25, 0.3) is 0 Å². The molecule has 0 rings (SSSR count). The molecular weight excluding hydrogens is 170 g/mol. The van der Waals surface area contributed by atoms with E-state index in [0.717, 1.165) is 0 Å². The third kappa shape index (κ3) is 4.85. The van der Waals surface area contributed by atoms with Crippen molar-refractivity contribution in [3.63, 3.8) is 0 Å². The summed E-state index contributed by atoms with van der Waals surface area (Å²) in [6, 6.07) is 0. The van der Waals surface area contributed by atoms with Crippen LogP contribution >= 0.6 is 0 Å². The summed E-state index contributed by atoms with van der Waals surface area (Å²) in [6.45, 7) is 5.38. The number of methoxy groups -OCH3 is 1. The van der Waals surface area contributed by atoms with Crippen LogP contribution in [0.25, 0.3) is 0 Å². The van der Waals surface area contributed by atoms with Gasteiger partial charge in [-0.25, -0.2) is 0 Å². The second-order valence-corrected chi connectivity index (χ2v) is 3.40. The average Bonchev–Trinajstić information content (AvgIpc) is 2.14. The number of hydrogen-bond donors (Lipinski definition) is 1. The molecule has 4 nitrogen and oxygen atoms in total. The van der Waals surface area contributed by atoms with Crippen LogP contribution in [0, 0.1) is 5.41 Å². The number of ether oxygens (including phenoxy) is 2. The molecule has 78 valence electrons. The van der Waals surface area contributed by atoms with Crippen molar-refractivity contribution in [2.24, 2.45) is 11.1 Å². The highest BCUT2D eigenvalue weighted by atomic mass is 16.5. The SMILES string of the molecule is CCOCC(C)(CN)CC(=O)OC. The molecule has 1 atom stereocenters. The van der Waals surface area contributed by atoms with Gasteiger partial charge in [0, 0.05) is 18.6 Å². The zero-order valence-electron chi connectivity index (χ0n) is 8.63. The molecule has 0 radical (unpaired) electrons. The standard InChI is InChI=1S/C9H19NO3/c1-4-13-7-9(2,6-10)5-8(11)12-3/h4-7,10H2,1-3H3. The Morgan fingerprint density at radius 3 is 2.54 bits per heavy atom. The molecule has 0 aliphatic rings. The third-order valence-electron chi connectivity index (χ3n) is 1.95. The Labute approximate surface area is 79.4 Å². The van der Waals surface area contributed by atoms with Gasteiger partial charge < -0.3 is 15.2 Å². The van der Waals surface area contributed by atoms with E-state index in [1.165, 1.54) is 7.11 Å². The van der Waals surface area contributed by atoms with E-state index < -0.39 is 0 Å². The minimum Gasteiger partial charge on any atom is -0.469 e. The van der Waals surface area contributed by atoms with Crippen molar-refractivity contribution in [2.75, 3.05) is 26.9 Å². The highest BCUT2D eigenvalue weighted by molar-refractivity contribution is 5.70. The molecule has 0 saturated carbocycles. The maximum Gasteiger partial charge on any atom is 0.306 e. The molecule has 0 amide bonds. The topological polar surface area (TPSA) is 61.5 Å². The predicted molar refractivity (Wildman–Crippen MR) is 50.3 cm³/mol. The van der Waals surface area contributed by atoms with E-state index in [2.05, 4.69) is 4.74 Å². The van der Waals surface area contributed by atoms with Crippen LogP contribution in [-0.4, -0.2) is 32.8 Å². The Kier molecular flexibility index (Phi) is 5.66. The lowest BCUT2D eigenvalue weighted by Crippen LogP contribution is -2.35. The van der Waals surface area contributed by atoms with Gasteiger partial charge in [0.05, 0.1) is 20.1 Å². The Bertz CT molecular complexity index is 161. The van der Waals surface area contributed by atoms with Crippen LogP contribution in [0.3, 0.4) is 0 Å².